The summed E-state index contributed by atoms with van der Waals surface area (Å²) < 4.78 is 19.6. The van der Waals surface area contributed by atoms with E-state index in [4.69, 9.17) is 18.9 Å². The van der Waals surface area contributed by atoms with Gasteiger partial charge in [0.15, 0.2) is 0 Å². The van der Waals surface area contributed by atoms with E-state index < -0.39 is 0 Å². The van der Waals surface area contributed by atoms with Gasteiger partial charge in [-0.05, 0) is 0 Å². The van der Waals surface area contributed by atoms with Crippen molar-refractivity contribution >= 4 is 11.9 Å². The van der Waals surface area contributed by atoms with Crippen molar-refractivity contribution in [2.24, 2.45) is 10.2 Å². The molecule has 0 saturated carbocycles. The van der Waals surface area contributed by atoms with E-state index in [0.717, 1.165) is 0 Å². The summed E-state index contributed by atoms with van der Waals surface area (Å²) in [5, 5.41) is 7.57. The second-order valence-electron chi connectivity index (χ2n) is 3.42. The molecule has 0 bridgehead atoms. The molecule has 0 spiro atoms. The van der Waals surface area contributed by atoms with Crippen LogP contribution in [0, 0.1) is 0 Å². The molecular formula is C10H12N8O4. The molecule has 0 atom stereocenters. The predicted octanol–water partition coefficient (Wildman–Crippen LogP) is 0.506. The number of rotatable bonds is 6. The van der Waals surface area contributed by atoms with Crippen LogP contribution in [0.4, 0.5) is 11.9 Å². The molecule has 0 unspecified atom stereocenters. The third-order valence-corrected chi connectivity index (χ3v) is 2.12. The zero-order valence-electron chi connectivity index (χ0n) is 12.2. The topological polar surface area (TPSA) is 139 Å². The molecule has 0 saturated heterocycles. The first kappa shape index (κ1) is 15.2. The summed E-state index contributed by atoms with van der Waals surface area (Å²) in [7, 11) is 5.60. The van der Waals surface area contributed by atoms with Crippen LogP contribution < -0.4 is 18.9 Å². The van der Waals surface area contributed by atoms with Crippen LogP contribution in [-0.2, 0) is 0 Å². The molecule has 12 nitrogen and oxygen atoms in total. The fourth-order valence-electron chi connectivity index (χ4n) is 1.20. The Morgan fingerprint density at radius 1 is 0.500 bits per heavy atom. The molecule has 22 heavy (non-hydrogen) atoms. The van der Waals surface area contributed by atoms with Crippen LogP contribution in [0.5, 0.6) is 24.0 Å². The van der Waals surface area contributed by atoms with Crippen molar-refractivity contribution in [3.63, 3.8) is 0 Å². The van der Waals surface area contributed by atoms with Crippen molar-refractivity contribution in [1.82, 2.24) is 29.9 Å². The van der Waals surface area contributed by atoms with Gasteiger partial charge in [0.05, 0.1) is 28.4 Å². The molecule has 0 aliphatic heterocycles. The maximum Gasteiger partial charge on any atom is 0.324 e. The Morgan fingerprint density at radius 2 is 0.773 bits per heavy atom. The summed E-state index contributed by atoms with van der Waals surface area (Å²) >= 11 is 0. The summed E-state index contributed by atoms with van der Waals surface area (Å²) in [6.07, 6.45) is 0. The quantitative estimate of drug-likeness (QED) is 0.693. The van der Waals surface area contributed by atoms with E-state index in [1.54, 1.807) is 0 Å². The summed E-state index contributed by atoms with van der Waals surface area (Å²) in [4.78, 5) is 23.2. The van der Waals surface area contributed by atoms with Crippen LogP contribution >= 0.6 is 0 Å². The third-order valence-electron chi connectivity index (χ3n) is 2.12. The van der Waals surface area contributed by atoms with Gasteiger partial charge < -0.3 is 18.9 Å². The van der Waals surface area contributed by atoms with Gasteiger partial charge in [0, 0.05) is 0 Å². The van der Waals surface area contributed by atoms with Crippen molar-refractivity contribution in [2.45, 2.75) is 0 Å². The van der Waals surface area contributed by atoms with Crippen LogP contribution in [0.2, 0.25) is 0 Å². The SMILES string of the molecule is COc1nc(/N=N/c2nc(OC)nc(OC)n2)nc(OC)n1. The largest absolute Gasteiger partial charge is 0.467 e. The maximum absolute atomic E-state index is 4.90. The predicted molar refractivity (Wildman–Crippen MR) is 70.0 cm³/mol. The van der Waals surface area contributed by atoms with Gasteiger partial charge in [-0.1, -0.05) is 0 Å². The van der Waals surface area contributed by atoms with Crippen molar-refractivity contribution in [3.05, 3.63) is 0 Å². The molecule has 0 N–H and O–H groups in total. The first-order chi connectivity index (χ1) is 10.7. The van der Waals surface area contributed by atoms with E-state index in [1.807, 2.05) is 0 Å². The van der Waals surface area contributed by atoms with Gasteiger partial charge in [-0.3, -0.25) is 0 Å². The molecule has 0 aliphatic rings. The van der Waals surface area contributed by atoms with E-state index >= 15 is 0 Å². The molecule has 2 rings (SSSR count). The lowest BCUT2D eigenvalue weighted by atomic mass is 10.9. The number of hydrogen-bond donors (Lipinski definition) is 0. The lowest BCUT2D eigenvalue weighted by Gasteiger charge is -2.02. The molecule has 0 fully saturated rings. The standard InChI is InChI=1S/C10H12N8O4/c1-19-7-11-5(12-8(15-7)20-2)17-18-6-13-9(21-3)16-10(14-6)22-4/h1-4H3/b18-17+. The molecule has 0 aromatic carbocycles. The van der Waals surface area contributed by atoms with Gasteiger partial charge in [-0.25, -0.2) is 0 Å². The summed E-state index contributed by atoms with van der Waals surface area (Å²) in [5.41, 5.74) is 0. The Balaban J connectivity index is 2.31. The average molecular weight is 308 g/mol. The summed E-state index contributed by atoms with van der Waals surface area (Å²) in [6, 6.07) is 0.136. The zero-order chi connectivity index (χ0) is 15.9. The number of methoxy groups -OCH3 is 4. The van der Waals surface area contributed by atoms with Gasteiger partial charge in [-0.15, -0.1) is 20.2 Å². The fraction of sp³-hybridized carbons (Fsp3) is 0.400. The van der Waals surface area contributed by atoms with Crippen LogP contribution in [0.25, 0.3) is 0 Å². The lowest BCUT2D eigenvalue weighted by molar-refractivity contribution is 0.339. The van der Waals surface area contributed by atoms with E-state index in [0.29, 0.717) is 0 Å². The first-order valence-corrected chi connectivity index (χ1v) is 5.78. The Hall–Kier alpha value is -3.18. The Labute approximate surface area is 124 Å². The number of azo groups is 1. The fourth-order valence-corrected chi connectivity index (χ4v) is 1.20. The molecule has 2 aromatic heterocycles. The van der Waals surface area contributed by atoms with E-state index in [-0.39, 0.29) is 35.9 Å². The van der Waals surface area contributed by atoms with Crippen LogP contribution in [0.1, 0.15) is 0 Å². The minimum absolute atomic E-state index is 0.0339. The normalized spacial score (nSPS) is 10.5. The van der Waals surface area contributed by atoms with Gasteiger partial charge >= 0.3 is 24.0 Å². The van der Waals surface area contributed by atoms with Crippen molar-refractivity contribution < 1.29 is 18.9 Å². The first-order valence-electron chi connectivity index (χ1n) is 5.78. The highest BCUT2D eigenvalue weighted by Crippen LogP contribution is 2.18. The van der Waals surface area contributed by atoms with E-state index in [9.17, 15) is 0 Å². The monoisotopic (exact) mass is 308 g/mol. The second kappa shape index (κ2) is 7.01. The van der Waals surface area contributed by atoms with Crippen molar-refractivity contribution in [2.75, 3.05) is 28.4 Å². The second-order valence-corrected chi connectivity index (χ2v) is 3.42. The van der Waals surface area contributed by atoms with Crippen LogP contribution in [0.15, 0.2) is 10.2 Å². The zero-order valence-corrected chi connectivity index (χ0v) is 12.2. The third kappa shape index (κ3) is 3.68. The number of nitrogens with zero attached hydrogens (tertiary/aromatic N) is 8. The molecule has 2 aromatic rings. The molecule has 12 heteroatoms. The van der Waals surface area contributed by atoms with Gasteiger partial charge in [-0.2, -0.15) is 19.9 Å². The van der Waals surface area contributed by atoms with Crippen molar-refractivity contribution in [1.29, 1.82) is 0 Å². The Bertz CT molecular complexity index is 578. The van der Waals surface area contributed by atoms with Gasteiger partial charge in [0.2, 0.25) is 0 Å². The van der Waals surface area contributed by atoms with E-state index in [2.05, 4.69) is 40.1 Å². The van der Waals surface area contributed by atoms with Gasteiger partial charge in [0.1, 0.15) is 0 Å². The molecule has 2 heterocycles. The lowest BCUT2D eigenvalue weighted by Crippen LogP contribution is -1.99. The summed E-state index contributed by atoms with van der Waals surface area (Å²) in [5.74, 6) is -0.0795. The summed E-state index contributed by atoms with van der Waals surface area (Å²) in [6.45, 7) is 0. The minimum Gasteiger partial charge on any atom is -0.467 e. The molecule has 0 radical (unpaired) electrons. The Morgan fingerprint density at radius 3 is 1.00 bits per heavy atom. The van der Waals surface area contributed by atoms with Crippen LogP contribution in [-0.4, -0.2) is 58.3 Å². The van der Waals surface area contributed by atoms with Gasteiger partial charge in [0.25, 0.3) is 11.9 Å². The van der Waals surface area contributed by atoms with Crippen molar-refractivity contribution in [3.8, 4) is 24.0 Å². The minimum atomic E-state index is -0.0398. The maximum atomic E-state index is 4.90. The number of aromatic nitrogens is 6. The number of ether oxygens (including phenoxy) is 4. The molecular weight excluding hydrogens is 296 g/mol. The smallest absolute Gasteiger partial charge is 0.324 e. The van der Waals surface area contributed by atoms with E-state index in [1.165, 1.54) is 28.4 Å². The highest BCUT2D eigenvalue weighted by Gasteiger charge is 2.09. The van der Waals surface area contributed by atoms with Crippen LogP contribution in [0.3, 0.4) is 0 Å². The average Bonchev–Trinajstić information content (AvgIpc) is 2.59. The number of hydrogen-bond acceptors (Lipinski definition) is 12. The molecule has 0 amide bonds. The molecule has 116 valence electrons. The Kier molecular flexibility index (Phi) is 4.85. The highest BCUT2D eigenvalue weighted by atomic mass is 16.5. The highest BCUT2D eigenvalue weighted by molar-refractivity contribution is 5.23. The molecule has 0 aliphatic carbocycles.